The van der Waals surface area contributed by atoms with Gasteiger partial charge in [-0.15, -0.1) is 5.10 Å². The highest BCUT2D eigenvalue weighted by molar-refractivity contribution is 5.92. The van der Waals surface area contributed by atoms with Crippen molar-refractivity contribution in [2.75, 3.05) is 6.61 Å². The van der Waals surface area contributed by atoms with Gasteiger partial charge in [-0.2, -0.15) is 13.2 Å². The average molecular weight is 296 g/mol. The van der Waals surface area contributed by atoms with Crippen LogP contribution in [0.3, 0.4) is 0 Å². The number of hydrogen-bond acceptors (Lipinski definition) is 4. The van der Waals surface area contributed by atoms with Crippen LogP contribution in [0.2, 0.25) is 0 Å². The number of aromatic nitrogens is 4. The van der Waals surface area contributed by atoms with Crippen LogP contribution in [0.4, 0.5) is 13.2 Å². The molecule has 0 aliphatic heterocycles. The maximum atomic E-state index is 12.8. The fraction of sp³-hybridized carbons (Fsp3) is 0.308. The lowest BCUT2D eigenvalue weighted by Crippen LogP contribution is -2.08. The van der Waals surface area contributed by atoms with Gasteiger partial charge >= 0.3 is 6.18 Å². The molecule has 0 aliphatic rings. The van der Waals surface area contributed by atoms with E-state index in [2.05, 4.69) is 15.1 Å². The van der Waals surface area contributed by atoms with Crippen LogP contribution < -0.4 is 0 Å². The molecule has 1 N–H and O–H groups in total. The predicted octanol–water partition coefficient (Wildman–Crippen LogP) is 2.14. The van der Waals surface area contributed by atoms with Crippen LogP contribution >= 0.6 is 0 Å². The number of aryl methyl sites for hydroxylation is 1. The first-order valence-electron chi connectivity index (χ1n) is 6.23. The number of hydrogen-bond donors (Lipinski definition) is 1. The summed E-state index contributed by atoms with van der Waals surface area (Å²) in [6.45, 7) is 1.54. The van der Waals surface area contributed by atoms with Crippen LogP contribution in [0.25, 0.3) is 16.7 Å². The van der Waals surface area contributed by atoms with E-state index in [1.54, 1.807) is 19.3 Å². The minimum atomic E-state index is -4.51. The van der Waals surface area contributed by atoms with Gasteiger partial charge in [-0.05, 0) is 30.5 Å². The molecule has 21 heavy (non-hydrogen) atoms. The summed E-state index contributed by atoms with van der Waals surface area (Å²) in [5.74, 6) is 0. The van der Waals surface area contributed by atoms with E-state index in [9.17, 15) is 13.2 Å². The lowest BCUT2D eigenvalue weighted by molar-refractivity contribution is -0.141. The van der Waals surface area contributed by atoms with Crippen molar-refractivity contribution in [1.82, 2.24) is 19.6 Å². The van der Waals surface area contributed by atoms with Crippen molar-refractivity contribution < 1.29 is 18.3 Å². The number of pyridine rings is 1. The molecule has 3 aromatic heterocycles. The van der Waals surface area contributed by atoms with E-state index < -0.39 is 11.9 Å². The number of fused-ring (bicyclic) bond motifs is 3. The standard InChI is InChI=1S/C13H11F3N4O/c1-7-4-9(13(14,15)16)18-11-10(7)12-17-5-8(2-3-21)6-20(12)19-11/h4-6,21H,2-3H2,1H3. The summed E-state index contributed by atoms with van der Waals surface area (Å²) in [5.41, 5.74) is 0.657. The Bertz CT molecular complexity index is 825. The zero-order valence-electron chi connectivity index (χ0n) is 11.0. The fourth-order valence-electron chi connectivity index (χ4n) is 2.22. The maximum Gasteiger partial charge on any atom is 0.433 e. The topological polar surface area (TPSA) is 63.3 Å². The molecule has 5 nitrogen and oxygen atoms in total. The van der Waals surface area contributed by atoms with Gasteiger partial charge in [0.25, 0.3) is 0 Å². The van der Waals surface area contributed by atoms with Crippen LogP contribution in [0, 0.1) is 6.92 Å². The highest BCUT2D eigenvalue weighted by Gasteiger charge is 2.33. The number of aliphatic hydroxyl groups is 1. The lowest BCUT2D eigenvalue weighted by atomic mass is 10.1. The normalized spacial score (nSPS) is 12.4. The molecule has 0 bridgehead atoms. The van der Waals surface area contributed by atoms with Crippen LogP contribution in [0.1, 0.15) is 16.8 Å². The van der Waals surface area contributed by atoms with Crippen LogP contribution in [-0.4, -0.2) is 31.3 Å². The second kappa shape index (κ2) is 4.66. The predicted molar refractivity (Wildman–Crippen MR) is 68.8 cm³/mol. The van der Waals surface area contributed by atoms with Gasteiger partial charge in [0.15, 0.2) is 11.3 Å². The first-order chi connectivity index (χ1) is 9.90. The third-order valence-corrected chi connectivity index (χ3v) is 3.17. The third-order valence-electron chi connectivity index (χ3n) is 3.17. The Morgan fingerprint density at radius 3 is 2.76 bits per heavy atom. The number of halogens is 3. The van der Waals surface area contributed by atoms with Crippen LogP contribution in [0.15, 0.2) is 18.5 Å². The summed E-state index contributed by atoms with van der Waals surface area (Å²) < 4.78 is 39.7. The zero-order valence-corrected chi connectivity index (χ0v) is 11.0. The molecule has 0 saturated heterocycles. The van der Waals surface area contributed by atoms with Crippen molar-refractivity contribution in [2.45, 2.75) is 19.5 Å². The molecule has 0 fully saturated rings. The van der Waals surface area contributed by atoms with E-state index in [4.69, 9.17) is 5.11 Å². The Kier molecular flexibility index (Phi) is 3.05. The third kappa shape index (κ3) is 2.31. The smallest absolute Gasteiger partial charge is 0.396 e. The van der Waals surface area contributed by atoms with E-state index in [-0.39, 0.29) is 12.3 Å². The van der Waals surface area contributed by atoms with Gasteiger partial charge in [-0.25, -0.2) is 14.5 Å². The number of alkyl halides is 3. The molecule has 0 spiro atoms. The first kappa shape index (κ1) is 13.7. The second-order valence-corrected chi connectivity index (χ2v) is 4.72. The SMILES string of the molecule is Cc1cc(C(F)(F)F)nc2nn3cc(CCO)cnc3c12. The van der Waals surface area contributed by atoms with Gasteiger partial charge in [0.2, 0.25) is 0 Å². The van der Waals surface area contributed by atoms with Gasteiger partial charge < -0.3 is 5.11 Å². The van der Waals surface area contributed by atoms with Crippen LogP contribution in [0.5, 0.6) is 0 Å². The Labute approximate surface area is 117 Å². The van der Waals surface area contributed by atoms with Crippen molar-refractivity contribution in [3.05, 3.63) is 35.3 Å². The van der Waals surface area contributed by atoms with Gasteiger partial charge in [0.05, 0.1) is 5.39 Å². The van der Waals surface area contributed by atoms with Crippen molar-refractivity contribution in [3.63, 3.8) is 0 Å². The fourth-order valence-corrected chi connectivity index (χ4v) is 2.22. The summed E-state index contributed by atoms with van der Waals surface area (Å²) >= 11 is 0. The van der Waals surface area contributed by atoms with Crippen LogP contribution in [-0.2, 0) is 12.6 Å². The zero-order chi connectivity index (χ0) is 15.2. The first-order valence-corrected chi connectivity index (χ1v) is 6.23. The molecule has 0 radical (unpaired) electrons. The highest BCUT2D eigenvalue weighted by Crippen LogP contribution is 2.31. The Morgan fingerprint density at radius 1 is 1.33 bits per heavy atom. The minimum absolute atomic E-state index is 0.0102. The summed E-state index contributed by atoms with van der Waals surface area (Å²) in [7, 11) is 0. The molecule has 0 aliphatic carbocycles. The van der Waals surface area contributed by atoms with Gasteiger partial charge in [0, 0.05) is 19.0 Å². The molecule has 0 unspecified atom stereocenters. The van der Waals surface area contributed by atoms with E-state index in [0.29, 0.717) is 23.0 Å². The summed E-state index contributed by atoms with van der Waals surface area (Å²) in [6, 6.07) is 0.993. The van der Waals surface area contributed by atoms with E-state index in [0.717, 1.165) is 11.6 Å². The monoisotopic (exact) mass is 296 g/mol. The quantitative estimate of drug-likeness (QED) is 0.787. The Hall–Kier alpha value is -2.22. The molecular weight excluding hydrogens is 285 g/mol. The second-order valence-electron chi connectivity index (χ2n) is 4.72. The van der Waals surface area contributed by atoms with Crippen molar-refractivity contribution in [3.8, 4) is 0 Å². The highest BCUT2D eigenvalue weighted by atomic mass is 19.4. The minimum Gasteiger partial charge on any atom is -0.396 e. The van der Waals surface area contributed by atoms with E-state index >= 15 is 0 Å². The van der Waals surface area contributed by atoms with E-state index in [1.165, 1.54) is 4.52 Å². The summed E-state index contributed by atoms with van der Waals surface area (Å²) in [6.07, 6.45) is -0.902. The maximum absolute atomic E-state index is 12.8. The average Bonchev–Trinajstić information content (AvgIpc) is 2.75. The molecule has 3 aromatic rings. The van der Waals surface area contributed by atoms with Crippen molar-refractivity contribution in [2.24, 2.45) is 0 Å². The molecule has 0 atom stereocenters. The molecule has 3 rings (SSSR count). The van der Waals surface area contributed by atoms with Crippen molar-refractivity contribution in [1.29, 1.82) is 0 Å². The number of aliphatic hydroxyl groups excluding tert-OH is 1. The molecule has 0 saturated carbocycles. The summed E-state index contributed by atoms with van der Waals surface area (Å²) in [5, 5.41) is 13.5. The molecule has 8 heteroatoms. The van der Waals surface area contributed by atoms with E-state index in [1.807, 2.05) is 0 Å². The molecule has 3 heterocycles. The largest absolute Gasteiger partial charge is 0.433 e. The lowest BCUT2D eigenvalue weighted by Gasteiger charge is -2.06. The van der Waals surface area contributed by atoms with Gasteiger partial charge in [0.1, 0.15) is 5.69 Å². The number of rotatable bonds is 2. The Morgan fingerprint density at radius 2 is 2.10 bits per heavy atom. The van der Waals surface area contributed by atoms with Gasteiger partial charge in [-0.3, -0.25) is 0 Å². The Balaban J connectivity index is 2.27. The molecular formula is C13H11F3N4O. The molecule has 110 valence electrons. The number of nitrogens with zero attached hydrogens (tertiary/aromatic N) is 4. The van der Waals surface area contributed by atoms with Crippen molar-refractivity contribution >= 4 is 16.7 Å². The molecule has 0 aromatic carbocycles. The summed E-state index contributed by atoms with van der Waals surface area (Å²) in [4.78, 5) is 7.78. The molecule has 0 amide bonds. The van der Waals surface area contributed by atoms with Gasteiger partial charge in [-0.1, -0.05) is 0 Å².